The largest absolute Gasteiger partial charge is 0.352 e. The van der Waals surface area contributed by atoms with Crippen LogP contribution in [0.15, 0.2) is 42.7 Å². The Balaban J connectivity index is 1.64. The molecule has 0 saturated carbocycles. The maximum atomic E-state index is 12.6. The molecule has 0 bridgehead atoms. The summed E-state index contributed by atoms with van der Waals surface area (Å²) in [4.78, 5) is 26.2. The summed E-state index contributed by atoms with van der Waals surface area (Å²) < 4.78 is 0. The second-order valence-corrected chi connectivity index (χ2v) is 9.16. The van der Waals surface area contributed by atoms with Crippen molar-refractivity contribution >= 4 is 29.0 Å². The highest BCUT2D eigenvalue weighted by atomic mass is 16.1. The van der Waals surface area contributed by atoms with E-state index < -0.39 is 0 Å². The van der Waals surface area contributed by atoms with Gasteiger partial charge >= 0.3 is 0 Å². The van der Waals surface area contributed by atoms with Gasteiger partial charge in [-0.1, -0.05) is 26.8 Å². The molecule has 0 atom stereocenters. The maximum absolute atomic E-state index is 12.6. The van der Waals surface area contributed by atoms with Crippen LogP contribution >= 0.6 is 0 Å². The van der Waals surface area contributed by atoms with Gasteiger partial charge in [-0.15, -0.1) is 0 Å². The van der Waals surface area contributed by atoms with E-state index in [1.807, 2.05) is 25.1 Å². The lowest BCUT2D eigenvalue weighted by atomic mass is 9.91. The number of fused-ring (bicyclic) bond motifs is 1. The Morgan fingerprint density at radius 1 is 1.06 bits per heavy atom. The lowest BCUT2D eigenvalue weighted by Gasteiger charge is -2.19. The van der Waals surface area contributed by atoms with E-state index >= 15 is 0 Å². The predicted molar refractivity (Wildman–Crippen MR) is 131 cm³/mol. The molecule has 0 fully saturated rings. The number of pyridine rings is 1. The molecule has 1 amide bonds. The Labute approximate surface area is 194 Å². The average molecular weight is 446 g/mol. The molecule has 0 unspecified atom stereocenters. The third-order valence-electron chi connectivity index (χ3n) is 5.51. The van der Waals surface area contributed by atoms with Gasteiger partial charge in [-0.05, 0) is 55.3 Å². The van der Waals surface area contributed by atoms with Crippen LogP contribution in [0, 0.1) is 0 Å². The average Bonchev–Trinajstić information content (AvgIpc) is 2.79. The fourth-order valence-electron chi connectivity index (χ4n) is 3.70. The molecule has 8 heteroatoms. The molecule has 0 spiro atoms. The normalized spacial score (nSPS) is 13.2. The zero-order valence-corrected chi connectivity index (χ0v) is 19.6. The smallest absolute Gasteiger partial charge is 0.256 e. The van der Waals surface area contributed by atoms with Gasteiger partial charge in [0.2, 0.25) is 5.95 Å². The zero-order chi connectivity index (χ0) is 23.4. The number of carbonyl (C=O) groups is 1. The highest BCUT2D eigenvalue weighted by Gasteiger charge is 2.18. The molecule has 2 aromatic heterocycles. The molecule has 4 rings (SSSR count). The zero-order valence-electron chi connectivity index (χ0n) is 19.6. The van der Waals surface area contributed by atoms with Crippen LogP contribution in [0.3, 0.4) is 0 Å². The van der Waals surface area contributed by atoms with E-state index in [4.69, 9.17) is 0 Å². The Morgan fingerprint density at radius 3 is 2.67 bits per heavy atom. The highest BCUT2D eigenvalue weighted by molar-refractivity contribution is 5.99. The lowest BCUT2D eigenvalue weighted by Crippen LogP contribution is -2.24. The van der Waals surface area contributed by atoms with E-state index in [2.05, 4.69) is 69.1 Å². The second-order valence-electron chi connectivity index (χ2n) is 9.16. The van der Waals surface area contributed by atoms with Gasteiger partial charge in [0.15, 0.2) is 0 Å². The standard InChI is InChI=1S/C25H31N7O/c1-5-27-23(33)20-15-29-24(31-18-7-6-16-8-10-26-14-17(16)12-18)32-22(20)30-19-9-11-28-21(13-19)25(2,3)4/h6-7,9,11-13,15,26H,5,8,10,14H2,1-4H3,(H,27,33)(H2,28,29,30,31,32). The van der Waals surface area contributed by atoms with Crippen molar-refractivity contribution in [3.8, 4) is 0 Å². The molecular weight excluding hydrogens is 414 g/mol. The molecule has 4 N–H and O–H groups in total. The summed E-state index contributed by atoms with van der Waals surface area (Å²) in [6.45, 7) is 10.6. The van der Waals surface area contributed by atoms with Crippen LogP contribution < -0.4 is 21.3 Å². The fraction of sp³-hybridized carbons (Fsp3) is 0.360. The van der Waals surface area contributed by atoms with E-state index in [9.17, 15) is 4.79 Å². The monoisotopic (exact) mass is 445 g/mol. The van der Waals surface area contributed by atoms with Crippen molar-refractivity contribution in [3.63, 3.8) is 0 Å². The fourth-order valence-corrected chi connectivity index (χ4v) is 3.70. The summed E-state index contributed by atoms with van der Waals surface area (Å²) in [5.41, 5.74) is 5.59. The SMILES string of the molecule is CCNC(=O)c1cnc(Nc2ccc3c(c2)CNCC3)nc1Nc1ccnc(C(C)(C)C)c1. The van der Waals surface area contributed by atoms with Crippen LogP contribution in [0.2, 0.25) is 0 Å². The Bertz CT molecular complexity index is 1150. The van der Waals surface area contributed by atoms with E-state index in [0.717, 1.165) is 36.6 Å². The van der Waals surface area contributed by atoms with Crippen molar-refractivity contribution in [2.24, 2.45) is 0 Å². The third-order valence-corrected chi connectivity index (χ3v) is 5.51. The molecule has 3 heterocycles. The number of anilines is 4. The summed E-state index contributed by atoms with van der Waals surface area (Å²) in [6.07, 6.45) is 4.34. The number of hydrogen-bond acceptors (Lipinski definition) is 7. The van der Waals surface area contributed by atoms with E-state index in [1.54, 1.807) is 12.4 Å². The summed E-state index contributed by atoms with van der Waals surface area (Å²) in [6, 6.07) is 10.1. The first-order valence-corrected chi connectivity index (χ1v) is 11.3. The maximum Gasteiger partial charge on any atom is 0.256 e. The van der Waals surface area contributed by atoms with E-state index in [0.29, 0.717) is 23.9 Å². The van der Waals surface area contributed by atoms with Gasteiger partial charge in [0.05, 0.1) is 0 Å². The molecule has 1 aliphatic rings. The Kier molecular flexibility index (Phi) is 6.55. The number of hydrogen-bond donors (Lipinski definition) is 4. The topological polar surface area (TPSA) is 104 Å². The molecule has 8 nitrogen and oxygen atoms in total. The summed E-state index contributed by atoms with van der Waals surface area (Å²) >= 11 is 0. The summed E-state index contributed by atoms with van der Waals surface area (Å²) in [5.74, 6) is 0.625. The van der Waals surface area contributed by atoms with Crippen molar-refractivity contribution in [1.29, 1.82) is 0 Å². The minimum atomic E-state index is -0.225. The van der Waals surface area contributed by atoms with Crippen molar-refractivity contribution < 1.29 is 4.79 Å². The van der Waals surface area contributed by atoms with Crippen molar-refractivity contribution in [3.05, 3.63) is 65.1 Å². The van der Waals surface area contributed by atoms with Crippen LogP contribution in [0.4, 0.5) is 23.1 Å². The first-order chi connectivity index (χ1) is 15.8. The van der Waals surface area contributed by atoms with Crippen molar-refractivity contribution in [1.82, 2.24) is 25.6 Å². The molecule has 0 radical (unpaired) electrons. The van der Waals surface area contributed by atoms with Crippen molar-refractivity contribution in [2.75, 3.05) is 23.7 Å². The molecular formula is C25H31N7O. The number of nitrogens with zero attached hydrogens (tertiary/aromatic N) is 3. The minimum Gasteiger partial charge on any atom is -0.352 e. The van der Waals surface area contributed by atoms with Gasteiger partial charge < -0.3 is 21.3 Å². The number of rotatable bonds is 6. The van der Waals surface area contributed by atoms with Crippen LogP contribution in [0.25, 0.3) is 0 Å². The molecule has 172 valence electrons. The van der Waals surface area contributed by atoms with Gasteiger partial charge in [0.1, 0.15) is 11.4 Å². The van der Waals surface area contributed by atoms with E-state index in [1.165, 1.54) is 11.1 Å². The lowest BCUT2D eigenvalue weighted by molar-refractivity contribution is 0.0956. The number of amides is 1. The molecule has 1 aromatic carbocycles. The Morgan fingerprint density at radius 2 is 1.88 bits per heavy atom. The molecule has 0 aliphatic carbocycles. The first-order valence-electron chi connectivity index (χ1n) is 11.3. The molecule has 1 aliphatic heterocycles. The summed E-state index contributed by atoms with van der Waals surface area (Å²) in [5, 5.41) is 12.8. The molecule has 33 heavy (non-hydrogen) atoms. The van der Waals surface area contributed by atoms with E-state index in [-0.39, 0.29) is 11.3 Å². The molecule has 3 aromatic rings. The number of aromatic nitrogens is 3. The van der Waals surface area contributed by atoms with Crippen molar-refractivity contribution in [2.45, 2.75) is 46.1 Å². The Hall–Kier alpha value is -3.52. The quantitative estimate of drug-likeness (QED) is 0.454. The summed E-state index contributed by atoms with van der Waals surface area (Å²) in [7, 11) is 0. The minimum absolute atomic E-state index is 0.0974. The van der Waals surface area contributed by atoms with Crippen LogP contribution in [0.5, 0.6) is 0 Å². The number of nitrogens with one attached hydrogen (secondary N) is 4. The third kappa shape index (κ3) is 5.46. The number of benzene rings is 1. The van der Waals surface area contributed by atoms with Gasteiger partial charge in [0.25, 0.3) is 5.91 Å². The van der Waals surface area contributed by atoms with Gasteiger partial charge in [-0.25, -0.2) is 4.98 Å². The van der Waals surface area contributed by atoms with Crippen LogP contribution in [-0.2, 0) is 18.4 Å². The highest BCUT2D eigenvalue weighted by Crippen LogP contribution is 2.26. The predicted octanol–water partition coefficient (Wildman–Crippen LogP) is 4.05. The van der Waals surface area contributed by atoms with Crippen LogP contribution in [0.1, 0.15) is 54.9 Å². The van der Waals surface area contributed by atoms with Gasteiger partial charge in [0, 0.05) is 48.0 Å². The van der Waals surface area contributed by atoms with Gasteiger partial charge in [-0.3, -0.25) is 9.78 Å². The first kappa shape index (κ1) is 22.7. The molecule has 0 saturated heterocycles. The van der Waals surface area contributed by atoms with Gasteiger partial charge in [-0.2, -0.15) is 4.98 Å². The number of carbonyl (C=O) groups excluding carboxylic acids is 1. The second kappa shape index (κ2) is 9.54. The van der Waals surface area contributed by atoms with Crippen LogP contribution in [-0.4, -0.2) is 33.9 Å².